The number of thiazole rings is 1. The molecule has 2 rings (SSSR count). The van der Waals surface area contributed by atoms with Crippen molar-refractivity contribution in [3.63, 3.8) is 0 Å². The lowest BCUT2D eigenvalue weighted by Crippen LogP contribution is -2.17. The van der Waals surface area contributed by atoms with Gasteiger partial charge in [-0.25, -0.2) is 4.98 Å². The minimum absolute atomic E-state index is 0.0695. The first kappa shape index (κ1) is 16.2. The van der Waals surface area contributed by atoms with Crippen LogP contribution in [0.1, 0.15) is 29.6 Å². The van der Waals surface area contributed by atoms with E-state index in [4.69, 9.17) is 14.6 Å². The van der Waals surface area contributed by atoms with E-state index in [0.29, 0.717) is 22.5 Å². The summed E-state index contributed by atoms with van der Waals surface area (Å²) >= 11 is 1.17. The first-order valence-corrected chi connectivity index (χ1v) is 7.47. The average molecular weight is 324 g/mol. The Morgan fingerprint density at radius 1 is 1.32 bits per heavy atom. The predicted molar refractivity (Wildman–Crippen MR) is 80.9 cm³/mol. The molecule has 0 bridgehead atoms. The van der Waals surface area contributed by atoms with Gasteiger partial charge in [-0.05, 0) is 6.42 Å². The Hall–Kier alpha value is -2.22. The fraction of sp³-hybridized carbons (Fsp3) is 0.429. The third-order valence-corrected chi connectivity index (χ3v) is 4.27. The van der Waals surface area contributed by atoms with Crippen molar-refractivity contribution >= 4 is 33.4 Å². The van der Waals surface area contributed by atoms with Gasteiger partial charge in [0.25, 0.3) is 5.88 Å². The highest BCUT2D eigenvalue weighted by atomic mass is 32.1. The van der Waals surface area contributed by atoms with Crippen molar-refractivity contribution in [2.75, 3.05) is 14.2 Å². The topological polar surface area (TPSA) is 98.6 Å². The summed E-state index contributed by atoms with van der Waals surface area (Å²) in [5.74, 6) is -1.23. The van der Waals surface area contributed by atoms with Crippen molar-refractivity contribution in [1.29, 1.82) is 0 Å². The van der Waals surface area contributed by atoms with E-state index in [1.54, 1.807) is 13.0 Å². The molecular formula is C14H16N2O5S. The molecule has 0 aliphatic heterocycles. The number of hydrogen-bond donors (Lipinski definition) is 1. The molecule has 2 heterocycles. The van der Waals surface area contributed by atoms with Crippen molar-refractivity contribution in [2.24, 2.45) is 5.92 Å². The fourth-order valence-corrected chi connectivity index (χ4v) is 2.85. The molecule has 0 saturated heterocycles. The quantitative estimate of drug-likeness (QED) is 0.781. The van der Waals surface area contributed by atoms with Gasteiger partial charge in [0.05, 0.1) is 24.8 Å². The number of hydrogen-bond acceptors (Lipinski definition) is 7. The zero-order valence-electron chi connectivity index (χ0n) is 12.5. The van der Waals surface area contributed by atoms with Gasteiger partial charge >= 0.3 is 5.97 Å². The maximum absolute atomic E-state index is 12.2. The fourth-order valence-electron chi connectivity index (χ4n) is 1.96. The average Bonchev–Trinajstić information content (AvgIpc) is 2.93. The summed E-state index contributed by atoms with van der Waals surface area (Å²) in [4.78, 5) is 31.6. The number of aromatic nitrogens is 2. The number of carboxylic acids is 1. The molecule has 8 heteroatoms. The standard InChI is InChI=1S/C14H16N2O5S/c1-4-7(14(18)19)5-8(17)13-16-11-10(22-13)6-9(20-2)12(15-11)21-3/h6-7H,4-5H2,1-3H3,(H,18,19)/t7-/m1/s1. The van der Waals surface area contributed by atoms with Crippen LogP contribution in [0.25, 0.3) is 10.3 Å². The van der Waals surface area contributed by atoms with Crippen molar-refractivity contribution in [3.8, 4) is 11.6 Å². The molecule has 1 atom stereocenters. The van der Waals surface area contributed by atoms with Crippen LogP contribution >= 0.6 is 11.3 Å². The van der Waals surface area contributed by atoms with Crippen LogP contribution < -0.4 is 9.47 Å². The van der Waals surface area contributed by atoms with E-state index in [1.165, 1.54) is 25.6 Å². The van der Waals surface area contributed by atoms with Gasteiger partial charge in [0.2, 0.25) is 0 Å². The molecule has 0 aliphatic carbocycles. The van der Waals surface area contributed by atoms with Gasteiger partial charge in [-0.1, -0.05) is 6.92 Å². The van der Waals surface area contributed by atoms with Gasteiger partial charge in [0, 0.05) is 12.5 Å². The number of methoxy groups -OCH3 is 2. The summed E-state index contributed by atoms with van der Waals surface area (Å²) in [5.41, 5.74) is 0.384. The van der Waals surface area contributed by atoms with Gasteiger partial charge in [-0.3, -0.25) is 9.59 Å². The number of carbonyl (C=O) groups excluding carboxylic acids is 1. The minimum atomic E-state index is -0.974. The molecular weight excluding hydrogens is 308 g/mol. The molecule has 0 saturated carbocycles. The van der Waals surface area contributed by atoms with E-state index in [1.807, 2.05) is 0 Å². The summed E-state index contributed by atoms with van der Waals surface area (Å²) < 4.78 is 10.9. The Labute approximate surface area is 130 Å². The number of rotatable bonds is 7. The highest BCUT2D eigenvalue weighted by Crippen LogP contribution is 2.32. The van der Waals surface area contributed by atoms with Crippen LogP contribution in [0.5, 0.6) is 11.6 Å². The Morgan fingerprint density at radius 2 is 2.05 bits per heavy atom. The van der Waals surface area contributed by atoms with E-state index in [9.17, 15) is 9.59 Å². The van der Waals surface area contributed by atoms with E-state index in [2.05, 4.69) is 9.97 Å². The smallest absolute Gasteiger partial charge is 0.306 e. The highest BCUT2D eigenvalue weighted by molar-refractivity contribution is 7.20. The van der Waals surface area contributed by atoms with Gasteiger partial charge in [-0.15, -0.1) is 11.3 Å². The summed E-state index contributed by atoms with van der Waals surface area (Å²) in [7, 11) is 2.96. The Bertz CT molecular complexity index is 672. The molecule has 0 aromatic carbocycles. The summed E-state index contributed by atoms with van der Waals surface area (Å²) in [6, 6.07) is 1.70. The molecule has 1 N–H and O–H groups in total. The summed E-state index contributed by atoms with van der Waals surface area (Å²) in [5, 5.41) is 9.28. The SMILES string of the molecule is CC[C@H](CC(=O)c1nc2nc(OC)c(OC)cc2s1)C(=O)O. The molecule has 7 nitrogen and oxygen atoms in total. The highest BCUT2D eigenvalue weighted by Gasteiger charge is 2.23. The third kappa shape index (κ3) is 3.16. The number of Topliss-reactive ketones (excluding diaryl/α,β-unsaturated/α-hetero) is 1. The second kappa shape index (κ2) is 6.69. The summed E-state index contributed by atoms with van der Waals surface area (Å²) in [6.45, 7) is 1.74. The van der Waals surface area contributed by atoms with Crippen LogP contribution in [0, 0.1) is 5.92 Å². The van der Waals surface area contributed by atoms with E-state index < -0.39 is 11.9 Å². The van der Waals surface area contributed by atoms with Crippen molar-refractivity contribution in [1.82, 2.24) is 9.97 Å². The lowest BCUT2D eigenvalue weighted by molar-refractivity contribution is -0.141. The monoisotopic (exact) mass is 324 g/mol. The molecule has 0 fully saturated rings. The van der Waals surface area contributed by atoms with Crippen molar-refractivity contribution in [3.05, 3.63) is 11.1 Å². The largest absolute Gasteiger partial charge is 0.491 e. The van der Waals surface area contributed by atoms with Crippen molar-refractivity contribution in [2.45, 2.75) is 19.8 Å². The Balaban J connectivity index is 2.32. The zero-order chi connectivity index (χ0) is 16.3. The van der Waals surface area contributed by atoms with Crippen molar-refractivity contribution < 1.29 is 24.2 Å². The number of nitrogens with zero attached hydrogens (tertiary/aromatic N) is 2. The zero-order valence-corrected chi connectivity index (χ0v) is 13.3. The summed E-state index contributed by atoms with van der Waals surface area (Å²) in [6.07, 6.45) is 0.325. The lowest BCUT2D eigenvalue weighted by Gasteiger charge is -2.06. The van der Waals surface area contributed by atoms with E-state index >= 15 is 0 Å². The molecule has 22 heavy (non-hydrogen) atoms. The molecule has 118 valence electrons. The van der Waals surface area contributed by atoms with Crippen LogP contribution in [0.2, 0.25) is 0 Å². The van der Waals surface area contributed by atoms with Crippen LogP contribution in [0.15, 0.2) is 6.07 Å². The van der Waals surface area contributed by atoms with Crippen LogP contribution in [-0.4, -0.2) is 41.0 Å². The number of aliphatic carboxylic acids is 1. The van der Waals surface area contributed by atoms with Gasteiger partial charge in [-0.2, -0.15) is 4.98 Å². The Morgan fingerprint density at radius 3 is 2.59 bits per heavy atom. The van der Waals surface area contributed by atoms with Gasteiger partial charge in [0.15, 0.2) is 22.2 Å². The number of pyridine rings is 1. The van der Waals surface area contributed by atoms with Crippen LogP contribution in [-0.2, 0) is 4.79 Å². The number of carboxylic acid groups (broad SMARTS) is 1. The minimum Gasteiger partial charge on any atom is -0.491 e. The lowest BCUT2D eigenvalue weighted by atomic mass is 10.0. The number of fused-ring (bicyclic) bond motifs is 1. The van der Waals surface area contributed by atoms with Crippen LogP contribution in [0.3, 0.4) is 0 Å². The Kier molecular flexibility index (Phi) is 4.92. The van der Waals surface area contributed by atoms with Gasteiger partial charge < -0.3 is 14.6 Å². The second-order valence-corrected chi connectivity index (χ2v) is 5.64. The predicted octanol–water partition coefficient (Wildman–Crippen LogP) is 2.39. The molecule has 2 aromatic rings. The van der Waals surface area contributed by atoms with E-state index in [-0.39, 0.29) is 23.1 Å². The first-order chi connectivity index (χ1) is 10.5. The van der Waals surface area contributed by atoms with Gasteiger partial charge in [0.1, 0.15) is 0 Å². The number of ketones is 1. The maximum atomic E-state index is 12.2. The molecule has 0 spiro atoms. The number of carbonyl (C=O) groups is 2. The second-order valence-electron chi connectivity index (χ2n) is 4.61. The van der Waals surface area contributed by atoms with Crippen LogP contribution in [0.4, 0.5) is 0 Å². The maximum Gasteiger partial charge on any atom is 0.306 e. The normalized spacial score (nSPS) is 12.1. The molecule has 0 unspecified atom stereocenters. The molecule has 0 radical (unpaired) electrons. The molecule has 0 aliphatic rings. The third-order valence-electron chi connectivity index (χ3n) is 3.24. The number of ether oxygens (including phenoxy) is 2. The molecule has 0 amide bonds. The van der Waals surface area contributed by atoms with E-state index in [0.717, 1.165) is 0 Å². The first-order valence-electron chi connectivity index (χ1n) is 6.65. The molecule has 2 aromatic heterocycles.